The summed E-state index contributed by atoms with van der Waals surface area (Å²) in [6, 6.07) is 1.73. The number of aromatic nitrogens is 1. The summed E-state index contributed by atoms with van der Waals surface area (Å²) in [7, 11) is 1.07. The molecule has 1 atom stereocenters. The van der Waals surface area contributed by atoms with Crippen LogP contribution in [0.3, 0.4) is 0 Å². The van der Waals surface area contributed by atoms with Gasteiger partial charge in [0, 0.05) is 5.56 Å². The van der Waals surface area contributed by atoms with Crippen LogP contribution in [0.1, 0.15) is 45.4 Å². The van der Waals surface area contributed by atoms with Crippen LogP contribution in [0.4, 0.5) is 39.5 Å². The fourth-order valence-corrected chi connectivity index (χ4v) is 3.24. The minimum atomic E-state index is -5.52. The van der Waals surface area contributed by atoms with E-state index < -0.39 is 52.5 Å². The molecule has 192 valence electrons. The van der Waals surface area contributed by atoms with Gasteiger partial charge in [0.05, 0.1) is 35.2 Å². The largest absolute Gasteiger partial charge is 0.465 e. The summed E-state index contributed by atoms with van der Waals surface area (Å²) >= 11 is 0. The molecule has 0 fully saturated rings. The Balaban J connectivity index is 2.25. The minimum absolute atomic E-state index is 0.0778. The van der Waals surface area contributed by atoms with Gasteiger partial charge in [0.15, 0.2) is 0 Å². The first-order valence-corrected chi connectivity index (χ1v) is 9.59. The number of alkyl halides is 9. The molecule has 1 aliphatic rings. The first-order valence-electron chi connectivity index (χ1n) is 9.59. The van der Waals surface area contributed by atoms with Crippen molar-refractivity contribution in [2.24, 2.45) is 0 Å². The highest BCUT2D eigenvalue weighted by Gasteiger charge is 2.60. The van der Waals surface area contributed by atoms with Gasteiger partial charge in [-0.2, -0.15) is 39.5 Å². The molecular formula is C22H13F9N2O3. The smallest absolute Gasteiger partial charge is 0.428 e. The van der Waals surface area contributed by atoms with E-state index >= 15 is 0 Å². The number of methoxy groups -OCH3 is 1. The van der Waals surface area contributed by atoms with Crippen LogP contribution < -0.4 is 5.48 Å². The third-order valence-electron chi connectivity index (χ3n) is 4.93. The maximum absolute atomic E-state index is 14.2. The number of hydrogen-bond acceptors (Lipinski definition) is 5. The molecule has 0 aliphatic carbocycles. The van der Waals surface area contributed by atoms with Crippen molar-refractivity contribution in [3.05, 3.63) is 70.0 Å². The number of carbonyl (C=O) groups is 1. The Kier molecular flexibility index (Phi) is 6.75. The monoisotopic (exact) mass is 524 g/mol. The van der Waals surface area contributed by atoms with Crippen LogP contribution in [0.5, 0.6) is 0 Å². The molecule has 2 aromatic rings. The highest BCUT2D eigenvalue weighted by molar-refractivity contribution is 5.92. The lowest BCUT2D eigenvalue weighted by molar-refractivity contribution is -0.269. The molecule has 1 aromatic heterocycles. The summed E-state index contributed by atoms with van der Waals surface area (Å²) in [5.74, 6) is 4.04. The Morgan fingerprint density at radius 3 is 2.06 bits per heavy atom. The van der Waals surface area contributed by atoms with Crippen LogP contribution >= 0.6 is 0 Å². The molecule has 0 saturated carbocycles. The number of esters is 1. The van der Waals surface area contributed by atoms with Crippen molar-refractivity contribution in [2.45, 2.75) is 31.1 Å². The van der Waals surface area contributed by atoms with E-state index in [1.54, 1.807) is 0 Å². The lowest BCUT2D eigenvalue weighted by Crippen LogP contribution is -2.43. The lowest BCUT2D eigenvalue weighted by Gasteiger charge is -2.29. The maximum Gasteiger partial charge on any atom is 0.428 e. The number of nitrogens with zero attached hydrogens (tertiary/aromatic N) is 1. The number of hydroxylamine groups is 1. The average Bonchev–Trinajstić information content (AvgIpc) is 3.24. The highest BCUT2D eigenvalue weighted by Crippen LogP contribution is 2.49. The van der Waals surface area contributed by atoms with Crippen LogP contribution in [-0.4, -0.2) is 24.2 Å². The second kappa shape index (κ2) is 9.05. The van der Waals surface area contributed by atoms with Crippen molar-refractivity contribution < 1.29 is 53.9 Å². The normalized spacial score (nSPS) is 18.1. The maximum atomic E-state index is 14.2. The molecule has 14 heteroatoms. The predicted molar refractivity (Wildman–Crippen MR) is 105 cm³/mol. The Morgan fingerprint density at radius 2 is 1.58 bits per heavy atom. The van der Waals surface area contributed by atoms with E-state index in [2.05, 4.69) is 26.4 Å². The Labute approximate surface area is 196 Å². The number of nitrogens with one attached hydrogen (secondary N) is 1. The summed E-state index contributed by atoms with van der Waals surface area (Å²) < 4.78 is 127. The van der Waals surface area contributed by atoms with Gasteiger partial charge in [0.25, 0.3) is 0 Å². The minimum Gasteiger partial charge on any atom is -0.465 e. The predicted octanol–water partition coefficient (Wildman–Crippen LogP) is 5.61. The Hall–Kier alpha value is -3.73. The molecule has 1 unspecified atom stereocenters. The molecule has 1 N–H and O–H groups in total. The number of ether oxygens (including phenoxy) is 1. The molecular weight excluding hydrogens is 511 g/mol. The van der Waals surface area contributed by atoms with Crippen molar-refractivity contribution in [1.82, 2.24) is 10.5 Å². The first kappa shape index (κ1) is 26.9. The molecule has 3 rings (SSSR count). The van der Waals surface area contributed by atoms with Crippen molar-refractivity contribution in [2.75, 3.05) is 7.11 Å². The van der Waals surface area contributed by atoms with E-state index in [-0.39, 0.29) is 41.2 Å². The molecule has 0 saturated heterocycles. The van der Waals surface area contributed by atoms with Crippen molar-refractivity contribution in [3.63, 3.8) is 0 Å². The van der Waals surface area contributed by atoms with Crippen LogP contribution in [0.15, 0.2) is 36.4 Å². The Bertz CT molecular complexity index is 1250. The molecule has 0 radical (unpaired) electrons. The molecule has 0 bridgehead atoms. The zero-order valence-electron chi connectivity index (χ0n) is 18.0. The van der Waals surface area contributed by atoms with Crippen LogP contribution in [0.2, 0.25) is 0 Å². The number of carbonyl (C=O) groups excluding carboxylic acids is 1. The van der Waals surface area contributed by atoms with Gasteiger partial charge in [-0.1, -0.05) is 5.92 Å². The number of benzene rings is 1. The molecule has 0 spiro atoms. The molecule has 1 aromatic carbocycles. The standard InChI is InChI=1S/C22H13F9N2O3/c1-3-4-15-14(18(34)35-2)5-6-16(32-15)17-10-19(36-33-17,22(29,30)31)11-7-12(20(23,24)25)9-13(8-11)21(26,27)28/h5-10,33H,1-2H3. The molecule has 1 aliphatic heterocycles. The zero-order chi connectivity index (χ0) is 27.1. The number of hydrogen-bond donors (Lipinski definition) is 1. The van der Waals surface area contributed by atoms with Gasteiger partial charge in [0.2, 0.25) is 5.60 Å². The van der Waals surface area contributed by atoms with Crippen molar-refractivity contribution >= 4 is 11.7 Å². The van der Waals surface area contributed by atoms with E-state index in [1.807, 2.05) is 5.48 Å². The molecule has 36 heavy (non-hydrogen) atoms. The summed E-state index contributed by atoms with van der Waals surface area (Å²) in [6.07, 6.45) is -16.0. The fourth-order valence-electron chi connectivity index (χ4n) is 3.24. The van der Waals surface area contributed by atoms with Gasteiger partial charge >= 0.3 is 24.5 Å². The van der Waals surface area contributed by atoms with E-state index in [0.717, 1.165) is 19.2 Å². The van der Waals surface area contributed by atoms with E-state index in [1.165, 1.54) is 6.92 Å². The quantitative estimate of drug-likeness (QED) is 0.322. The molecule has 2 heterocycles. The summed E-state index contributed by atoms with van der Waals surface area (Å²) in [5.41, 5.74) is -8.44. The highest BCUT2D eigenvalue weighted by atomic mass is 19.4. The van der Waals surface area contributed by atoms with E-state index in [0.29, 0.717) is 0 Å². The van der Waals surface area contributed by atoms with Gasteiger partial charge in [-0.25, -0.2) is 9.78 Å². The summed E-state index contributed by atoms with van der Waals surface area (Å²) in [5, 5.41) is 0. The number of rotatable bonds is 3. The van der Waals surface area contributed by atoms with Gasteiger partial charge in [-0.3, -0.25) is 10.3 Å². The van der Waals surface area contributed by atoms with Crippen molar-refractivity contribution in [1.29, 1.82) is 0 Å². The SMILES string of the molecule is CC#Cc1nc(C2=CC(c3cc(C(F)(F)F)cc(C(F)(F)F)c3)(C(F)(F)F)ON2)ccc1C(=O)OC. The van der Waals surface area contributed by atoms with Gasteiger partial charge < -0.3 is 4.74 Å². The molecule has 0 amide bonds. The fraction of sp³-hybridized carbons (Fsp3) is 0.273. The van der Waals surface area contributed by atoms with E-state index in [9.17, 15) is 44.3 Å². The van der Waals surface area contributed by atoms with Crippen LogP contribution in [-0.2, 0) is 27.5 Å². The molecule has 5 nitrogen and oxygen atoms in total. The van der Waals surface area contributed by atoms with Crippen LogP contribution in [0.25, 0.3) is 5.70 Å². The van der Waals surface area contributed by atoms with Gasteiger partial charge in [-0.15, -0.1) is 0 Å². The lowest BCUT2D eigenvalue weighted by atomic mass is 9.89. The van der Waals surface area contributed by atoms with Crippen molar-refractivity contribution in [3.8, 4) is 11.8 Å². The zero-order valence-corrected chi connectivity index (χ0v) is 18.0. The third kappa shape index (κ3) is 4.97. The average molecular weight is 524 g/mol. The second-order valence-electron chi connectivity index (χ2n) is 7.25. The summed E-state index contributed by atoms with van der Waals surface area (Å²) in [4.78, 5) is 20.4. The van der Waals surface area contributed by atoms with Gasteiger partial charge in [-0.05, 0) is 49.3 Å². The first-order chi connectivity index (χ1) is 16.5. The third-order valence-corrected chi connectivity index (χ3v) is 4.93. The van der Waals surface area contributed by atoms with Crippen LogP contribution in [0, 0.1) is 11.8 Å². The Morgan fingerprint density at radius 1 is 1.00 bits per heavy atom. The summed E-state index contributed by atoms with van der Waals surface area (Å²) in [6.45, 7) is 1.38. The number of pyridine rings is 1. The number of halogens is 9. The van der Waals surface area contributed by atoms with Gasteiger partial charge in [0.1, 0.15) is 5.69 Å². The van der Waals surface area contributed by atoms with E-state index in [4.69, 9.17) is 0 Å². The second-order valence-corrected chi connectivity index (χ2v) is 7.25. The topological polar surface area (TPSA) is 60.5 Å².